The molecule has 0 saturated carbocycles. The second-order valence-corrected chi connectivity index (χ2v) is 4.77. The fourth-order valence-electron chi connectivity index (χ4n) is 2.45. The molecule has 1 N–H and O–H groups in total. The molecule has 4 aromatic heterocycles. The van der Waals surface area contributed by atoms with Gasteiger partial charge >= 0.3 is 0 Å². The highest BCUT2D eigenvalue weighted by molar-refractivity contribution is 5.84. The fraction of sp³-hybridized carbons (Fsp3) is 0.0667. The summed E-state index contributed by atoms with van der Waals surface area (Å²) >= 11 is 0. The summed E-state index contributed by atoms with van der Waals surface area (Å²) in [5.41, 5.74) is 4.76. The average Bonchev–Trinajstić information content (AvgIpc) is 3.14. The Bertz CT molecular complexity index is 906. The van der Waals surface area contributed by atoms with Crippen LogP contribution in [0.2, 0.25) is 0 Å². The number of pyridine rings is 1. The Morgan fingerprint density at radius 2 is 2.00 bits per heavy atom. The van der Waals surface area contributed by atoms with Gasteiger partial charge in [0.15, 0.2) is 0 Å². The monoisotopic (exact) mass is 276 g/mol. The van der Waals surface area contributed by atoms with E-state index in [4.69, 9.17) is 0 Å². The Morgan fingerprint density at radius 1 is 1.14 bits per heavy atom. The van der Waals surface area contributed by atoms with Crippen LogP contribution in [0.5, 0.6) is 0 Å². The van der Waals surface area contributed by atoms with Crippen molar-refractivity contribution in [3.63, 3.8) is 0 Å². The lowest BCUT2D eigenvalue weighted by molar-refractivity contribution is 0.868. The number of nitrogens with one attached hydrogen (secondary N) is 1. The summed E-state index contributed by atoms with van der Waals surface area (Å²) in [6.07, 6.45) is 10.8. The number of aromatic amines is 1. The lowest BCUT2D eigenvalue weighted by atomic mass is 10.1. The molecule has 0 spiro atoms. The molecule has 4 rings (SSSR count). The van der Waals surface area contributed by atoms with E-state index in [1.165, 1.54) is 6.33 Å². The van der Waals surface area contributed by atoms with Crippen molar-refractivity contribution in [3.8, 4) is 16.8 Å². The maximum Gasteiger partial charge on any atom is 0.139 e. The van der Waals surface area contributed by atoms with Gasteiger partial charge in [-0.15, -0.1) is 0 Å². The zero-order chi connectivity index (χ0) is 14.2. The minimum atomic E-state index is 0.852. The smallest absolute Gasteiger partial charge is 0.139 e. The third-order valence-corrected chi connectivity index (χ3v) is 3.45. The predicted molar refractivity (Wildman–Crippen MR) is 79.0 cm³/mol. The van der Waals surface area contributed by atoms with E-state index in [1.807, 2.05) is 36.1 Å². The van der Waals surface area contributed by atoms with Crippen LogP contribution in [0, 0.1) is 6.92 Å². The summed E-state index contributed by atoms with van der Waals surface area (Å²) in [6.45, 7) is 1.98. The molecule has 6 nitrogen and oxygen atoms in total. The number of nitrogens with zero attached hydrogens (tertiary/aromatic N) is 5. The van der Waals surface area contributed by atoms with Gasteiger partial charge in [0.2, 0.25) is 0 Å². The van der Waals surface area contributed by atoms with Crippen molar-refractivity contribution in [2.24, 2.45) is 0 Å². The van der Waals surface area contributed by atoms with Crippen molar-refractivity contribution >= 4 is 11.0 Å². The van der Waals surface area contributed by atoms with Crippen LogP contribution >= 0.6 is 0 Å². The van der Waals surface area contributed by atoms with E-state index in [0.29, 0.717) is 0 Å². The topological polar surface area (TPSA) is 72.3 Å². The number of hydrogen-bond acceptors (Lipinski definition) is 4. The van der Waals surface area contributed by atoms with Gasteiger partial charge in [-0.05, 0) is 19.1 Å². The van der Waals surface area contributed by atoms with Crippen molar-refractivity contribution in [1.29, 1.82) is 0 Å². The molecule has 4 heterocycles. The largest absolute Gasteiger partial charge is 0.346 e. The van der Waals surface area contributed by atoms with Crippen LogP contribution in [0.3, 0.4) is 0 Å². The summed E-state index contributed by atoms with van der Waals surface area (Å²) in [6, 6.07) is 3.95. The van der Waals surface area contributed by atoms with Crippen molar-refractivity contribution in [2.45, 2.75) is 6.92 Å². The number of fused-ring (bicyclic) bond motifs is 1. The summed E-state index contributed by atoms with van der Waals surface area (Å²) in [7, 11) is 0. The molecule has 0 radical (unpaired) electrons. The quantitative estimate of drug-likeness (QED) is 0.610. The van der Waals surface area contributed by atoms with E-state index in [1.54, 1.807) is 18.6 Å². The average molecular weight is 276 g/mol. The molecule has 0 aliphatic rings. The highest BCUT2D eigenvalue weighted by Crippen LogP contribution is 2.25. The van der Waals surface area contributed by atoms with Gasteiger partial charge in [-0.2, -0.15) is 5.10 Å². The van der Waals surface area contributed by atoms with E-state index in [0.717, 1.165) is 33.5 Å². The molecular formula is C15H12N6. The SMILES string of the molecule is Cc1nn(-c2ccnc3[nH]ccc23)cc1-c1cncnc1. The van der Waals surface area contributed by atoms with Gasteiger partial charge in [0, 0.05) is 47.5 Å². The molecule has 0 aliphatic heterocycles. The molecule has 21 heavy (non-hydrogen) atoms. The summed E-state index contributed by atoms with van der Waals surface area (Å²) in [4.78, 5) is 15.5. The first-order chi connectivity index (χ1) is 10.3. The Morgan fingerprint density at radius 3 is 2.86 bits per heavy atom. The van der Waals surface area contributed by atoms with Crippen molar-refractivity contribution < 1.29 is 0 Å². The Balaban J connectivity index is 1.89. The highest BCUT2D eigenvalue weighted by Gasteiger charge is 2.11. The van der Waals surface area contributed by atoms with Crippen molar-refractivity contribution in [1.82, 2.24) is 29.7 Å². The number of aromatic nitrogens is 6. The number of aryl methyl sites for hydroxylation is 1. The predicted octanol–water partition coefficient (Wildman–Crippen LogP) is 2.51. The lowest BCUT2D eigenvalue weighted by Crippen LogP contribution is -1.96. The van der Waals surface area contributed by atoms with Gasteiger partial charge in [0.05, 0.1) is 11.4 Å². The number of H-pyrrole nitrogens is 1. The molecule has 0 atom stereocenters. The van der Waals surface area contributed by atoms with Crippen LogP contribution in [0.4, 0.5) is 0 Å². The van der Waals surface area contributed by atoms with E-state index in [2.05, 4.69) is 25.0 Å². The Kier molecular flexibility index (Phi) is 2.53. The van der Waals surface area contributed by atoms with E-state index in [-0.39, 0.29) is 0 Å². The molecule has 102 valence electrons. The van der Waals surface area contributed by atoms with E-state index < -0.39 is 0 Å². The van der Waals surface area contributed by atoms with Crippen molar-refractivity contribution in [3.05, 3.63) is 55.1 Å². The van der Waals surface area contributed by atoms with Gasteiger partial charge in [-0.3, -0.25) is 0 Å². The van der Waals surface area contributed by atoms with Crippen LogP contribution in [0.25, 0.3) is 27.8 Å². The lowest BCUT2D eigenvalue weighted by Gasteiger charge is -2.02. The van der Waals surface area contributed by atoms with Crippen LogP contribution in [-0.2, 0) is 0 Å². The van der Waals surface area contributed by atoms with Gasteiger partial charge in [-0.25, -0.2) is 19.6 Å². The highest BCUT2D eigenvalue weighted by atomic mass is 15.3. The molecule has 4 aromatic rings. The number of hydrogen-bond donors (Lipinski definition) is 1. The first kappa shape index (κ1) is 11.8. The first-order valence-corrected chi connectivity index (χ1v) is 6.57. The normalized spacial score (nSPS) is 11.1. The van der Waals surface area contributed by atoms with Crippen LogP contribution in [0.15, 0.2) is 49.4 Å². The van der Waals surface area contributed by atoms with E-state index >= 15 is 0 Å². The van der Waals surface area contributed by atoms with Gasteiger partial charge in [0.1, 0.15) is 12.0 Å². The standard InChI is InChI=1S/C15H12N6/c1-10-13(11-6-16-9-17-7-11)8-21(20-10)14-3-5-19-15-12(14)2-4-18-15/h2-9H,1H3,(H,18,19). The molecule has 0 aliphatic carbocycles. The van der Waals surface area contributed by atoms with Crippen LogP contribution in [0.1, 0.15) is 5.69 Å². The molecule has 0 bridgehead atoms. The number of rotatable bonds is 2. The zero-order valence-electron chi connectivity index (χ0n) is 11.4. The van der Waals surface area contributed by atoms with Gasteiger partial charge in [-0.1, -0.05) is 0 Å². The molecule has 0 fully saturated rings. The molecule has 0 unspecified atom stereocenters. The van der Waals surface area contributed by atoms with Crippen LogP contribution < -0.4 is 0 Å². The third-order valence-electron chi connectivity index (χ3n) is 3.45. The maximum atomic E-state index is 4.61. The van der Waals surface area contributed by atoms with E-state index in [9.17, 15) is 0 Å². The first-order valence-electron chi connectivity index (χ1n) is 6.57. The van der Waals surface area contributed by atoms with Gasteiger partial charge < -0.3 is 4.98 Å². The maximum absolute atomic E-state index is 4.61. The third kappa shape index (κ3) is 1.88. The van der Waals surface area contributed by atoms with Gasteiger partial charge in [0.25, 0.3) is 0 Å². The van der Waals surface area contributed by atoms with Crippen LogP contribution in [-0.4, -0.2) is 29.7 Å². The molecule has 6 heteroatoms. The summed E-state index contributed by atoms with van der Waals surface area (Å²) < 4.78 is 1.87. The second-order valence-electron chi connectivity index (χ2n) is 4.77. The summed E-state index contributed by atoms with van der Waals surface area (Å²) in [5.74, 6) is 0. The second kappa shape index (κ2) is 4.52. The fourth-order valence-corrected chi connectivity index (χ4v) is 2.45. The minimum absolute atomic E-state index is 0.852. The van der Waals surface area contributed by atoms with Crippen molar-refractivity contribution in [2.75, 3.05) is 0 Å². The zero-order valence-corrected chi connectivity index (χ0v) is 11.4. The molecular weight excluding hydrogens is 264 g/mol. The minimum Gasteiger partial charge on any atom is -0.346 e. The molecule has 0 amide bonds. The Labute approximate surface area is 120 Å². The summed E-state index contributed by atoms with van der Waals surface area (Å²) in [5, 5.41) is 5.64. The molecule has 0 aromatic carbocycles. The molecule has 0 saturated heterocycles. The Hall–Kier alpha value is -3.02.